The lowest BCUT2D eigenvalue weighted by atomic mass is 10.1. The van der Waals surface area contributed by atoms with Crippen LogP contribution in [0.4, 0.5) is 0 Å². The smallest absolute Gasteiger partial charge is 0.383 e. The molecule has 0 atom stereocenters. The normalized spacial score (nSPS) is 10.9. The highest BCUT2D eigenvalue weighted by atomic mass is 32.1. The van der Waals surface area contributed by atoms with Gasteiger partial charge in [-0.1, -0.05) is 108 Å². The number of hydrogen-bond donors (Lipinski definition) is 0. The topological polar surface area (TPSA) is 67.6 Å². The molecule has 6 aromatic heterocycles. The van der Waals surface area contributed by atoms with Crippen LogP contribution >= 0.6 is 22.7 Å². The number of pyridine rings is 2. The fraction of sp³-hybridized carbons (Fsp3) is 0.138. The van der Waals surface area contributed by atoms with Crippen LogP contribution in [0.3, 0.4) is 0 Å². The van der Waals surface area contributed by atoms with Gasteiger partial charge in [-0.3, -0.25) is 0 Å². The minimum atomic E-state index is 0.674. The van der Waals surface area contributed by atoms with E-state index >= 15 is 0 Å². The van der Waals surface area contributed by atoms with Crippen molar-refractivity contribution in [2.75, 3.05) is 0 Å². The minimum absolute atomic E-state index is 0.674. The second kappa shape index (κ2) is 20.1. The van der Waals surface area contributed by atoms with Gasteiger partial charge in [0.25, 0.3) is 26.8 Å². The van der Waals surface area contributed by atoms with Crippen molar-refractivity contribution in [2.24, 2.45) is 28.2 Å². The molecule has 68 heavy (non-hydrogen) atoms. The lowest BCUT2D eigenvalue weighted by Gasteiger charge is -1.98. The van der Waals surface area contributed by atoms with E-state index in [1.54, 1.807) is 17.5 Å². The number of rotatable bonds is 4. The molecule has 0 radical (unpaired) electrons. The fourth-order valence-corrected chi connectivity index (χ4v) is 10.8. The van der Waals surface area contributed by atoms with Crippen molar-refractivity contribution in [3.63, 3.8) is 0 Å². The van der Waals surface area contributed by atoms with Crippen molar-refractivity contribution in [1.82, 2.24) is 9.97 Å². The second-order valence-electron chi connectivity index (χ2n) is 16.7. The first kappa shape index (κ1) is 45.5. The summed E-state index contributed by atoms with van der Waals surface area (Å²) in [5, 5.41) is 2.58. The molecule has 12 rings (SSSR count). The van der Waals surface area contributed by atoms with Gasteiger partial charge in [0.2, 0.25) is 16.6 Å². The first-order valence-corrected chi connectivity index (χ1v) is 24.2. The summed E-state index contributed by atoms with van der Waals surface area (Å²) in [6.45, 7) is 8.49. The molecule has 0 aliphatic heterocycles. The summed E-state index contributed by atoms with van der Waals surface area (Å²) in [7, 11) is 8.27. The van der Waals surface area contributed by atoms with E-state index in [-0.39, 0.29) is 0 Å². The maximum Gasteiger partial charge on any atom is 0.383 e. The monoisotopic (exact) mass is 930 g/mol. The Morgan fingerprint density at radius 1 is 0.368 bits per heavy atom. The maximum absolute atomic E-state index is 5.93. The van der Waals surface area contributed by atoms with Crippen molar-refractivity contribution in [1.29, 1.82) is 0 Å². The van der Waals surface area contributed by atoms with E-state index in [9.17, 15) is 0 Å². The van der Waals surface area contributed by atoms with Crippen molar-refractivity contribution in [2.45, 2.75) is 27.7 Å². The molecule has 0 aliphatic rings. The van der Waals surface area contributed by atoms with E-state index in [0.29, 0.717) is 5.71 Å². The Balaban J connectivity index is 0.000000113. The Kier molecular flexibility index (Phi) is 13.4. The highest BCUT2D eigenvalue weighted by molar-refractivity contribution is 7.21. The predicted octanol–water partition coefficient (Wildman–Crippen LogP) is 12.7. The standard InChI is InChI=1S/C15H14NO.C15H14NS.C14H13N2O.C14H13N2S/c2*1-11-7-3-4-8-12(11)15-16(2)13-9-5-6-10-14(13)17-15;2*1-10-6-3-4-7-11(10)14-16(2)12-8-5-9-15-13(12)17-14/h2*3-10H,1-2H3;2*3-9H,1-2H3/q4*+1. The van der Waals surface area contributed by atoms with Gasteiger partial charge < -0.3 is 8.83 Å². The van der Waals surface area contributed by atoms with Gasteiger partial charge in [0.15, 0.2) is 4.83 Å². The fourth-order valence-electron chi connectivity index (χ4n) is 8.37. The lowest BCUT2D eigenvalue weighted by Crippen LogP contribution is -2.28. The summed E-state index contributed by atoms with van der Waals surface area (Å²) < 4.78 is 21.7. The third-order valence-electron chi connectivity index (χ3n) is 12.2. The summed E-state index contributed by atoms with van der Waals surface area (Å²) in [6.07, 6.45) is 3.59. The van der Waals surface area contributed by atoms with Crippen LogP contribution in [0.2, 0.25) is 0 Å². The Bertz CT molecular complexity index is 3230. The first-order chi connectivity index (χ1) is 33.1. The van der Waals surface area contributed by atoms with Crippen LogP contribution in [-0.2, 0) is 28.2 Å². The van der Waals surface area contributed by atoms with Crippen LogP contribution < -0.4 is 18.3 Å². The van der Waals surface area contributed by atoms with Gasteiger partial charge in [0.1, 0.15) is 32.9 Å². The van der Waals surface area contributed by atoms with Crippen molar-refractivity contribution >= 4 is 65.6 Å². The Hall–Kier alpha value is -7.66. The van der Waals surface area contributed by atoms with Crippen LogP contribution in [0.15, 0.2) is 191 Å². The van der Waals surface area contributed by atoms with Gasteiger partial charge in [-0.25, -0.2) is 9.97 Å². The van der Waals surface area contributed by atoms with Crippen LogP contribution in [0.5, 0.6) is 0 Å². The molecule has 0 spiro atoms. The molecular weight excluding hydrogens is 877 g/mol. The Morgan fingerprint density at radius 2 is 0.794 bits per heavy atom. The molecule has 8 nitrogen and oxygen atoms in total. The number of para-hydroxylation sites is 3. The number of hydrogen-bond acceptors (Lipinski definition) is 6. The molecule has 0 saturated heterocycles. The number of aryl methyl sites for hydroxylation is 8. The molecule has 0 aliphatic carbocycles. The van der Waals surface area contributed by atoms with Gasteiger partial charge in [-0.05, 0) is 110 Å². The van der Waals surface area contributed by atoms with E-state index in [1.807, 2.05) is 96.9 Å². The van der Waals surface area contributed by atoms with Crippen LogP contribution in [0.25, 0.3) is 86.9 Å². The third kappa shape index (κ3) is 9.21. The molecule has 0 N–H and O–H groups in total. The van der Waals surface area contributed by atoms with Crippen LogP contribution in [-0.4, -0.2) is 9.97 Å². The Labute approximate surface area is 405 Å². The second-order valence-corrected chi connectivity index (χ2v) is 18.7. The van der Waals surface area contributed by atoms with Gasteiger partial charge in [-0.2, -0.15) is 18.3 Å². The zero-order chi connectivity index (χ0) is 47.3. The van der Waals surface area contributed by atoms with Gasteiger partial charge >= 0.3 is 11.8 Å². The first-order valence-electron chi connectivity index (χ1n) is 22.5. The summed E-state index contributed by atoms with van der Waals surface area (Å²) >= 11 is 3.60. The lowest BCUT2D eigenvalue weighted by molar-refractivity contribution is -0.637. The van der Waals surface area contributed by atoms with E-state index in [1.165, 1.54) is 59.1 Å². The average molecular weight is 931 g/mol. The number of oxazole rings is 2. The van der Waals surface area contributed by atoms with Crippen molar-refractivity contribution in [3.8, 4) is 44.1 Å². The SMILES string of the molecule is Cc1ccccc1-c1oc2ccccc2[n+]1C.Cc1ccccc1-c1oc2ncccc2[n+]1C.Cc1ccccc1-c1sc2ccccc2[n+]1C.Cc1ccccc1-c1sc2ncccc2[n+]1C. The van der Waals surface area contributed by atoms with E-state index < -0.39 is 0 Å². The molecular formula is C58H54N6O2S2+4. The highest BCUT2D eigenvalue weighted by Crippen LogP contribution is 2.31. The molecule has 6 heterocycles. The van der Waals surface area contributed by atoms with Crippen molar-refractivity contribution < 1.29 is 27.1 Å². The van der Waals surface area contributed by atoms with E-state index in [0.717, 1.165) is 44.4 Å². The average Bonchev–Trinajstić information content (AvgIpc) is 4.10. The molecule has 336 valence electrons. The molecule has 0 bridgehead atoms. The maximum atomic E-state index is 5.93. The zero-order valence-electron chi connectivity index (χ0n) is 39.6. The van der Waals surface area contributed by atoms with Crippen molar-refractivity contribution in [3.05, 3.63) is 205 Å². The summed E-state index contributed by atoms with van der Waals surface area (Å²) in [5.74, 6) is 1.75. The minimum Gasteiger partial charge on any atom is -0.398 e. The molecule has 0 fully saturated rings. The highest BCUT2D eigenvalue weighted by Gasteiger charge is 2.24. The summed E-state index contributed by atoms with van der Waals surface area (Å²) in [4.78, 5) is 9.74. The molecule has 0 amide bonds. The van der Waals surface area contributed by atoms with Crippen LogP contribution in [0, 0.1) is 27.7 Å². The molecule has 12 aromatic rings. The predicted molar refractivity (Wildman–Crippen MR) is 277 cm³/mol. The molecule has 10 heteroatoms. The zero-order valence-corrected chi connectivity index (χ0v) is 41.3. The molecule has 0 unspecified atom stereocenters. The van der Waals surface area contributed by atoms with Gasteiger partial charge in [0.05, 0.1) is 22.3 Å². The Morgan fingerprint density at radius 3 is 1.34 bits per heavy atom. The summed E-state index contributed by atoms with van der Waals surface area (Å²) in [5.41, 5.74) is 16.1. The molecule has 0 saturated carbocycles. The number of thiazole rings is 2. The third-order valence-corrected chi connectivity index (χ3v) is 14.6. The molecule has 6 aromatic carbocycles. The van der Waals surface area contributed by atoms with E-state index in [2.05, 4.69) is 175 Å². The quantitative estimate of drug-likeness (QED) is 0.165. The van der Waals surface area contributed by atoms with Gasteiger partial charge in [0, 0.05) is 36.7 Å². The van der Waals surface area contributed by atoms with E-state index in [4.69, 9.17) is 8.83 Å². The largest absolute Gasteiger partial charge is 0.398 e. The summed E-state index contributed by atoms with van der Waals surface area (Å²) in [6, 6.07) is 58.1. The van der Waals surface area contributed by atoms with Gasteiger partial charge in [-0.15, -0.1) is 0 Å². The number of benzene rings is 6. The number of nitrogens with zero attached hydrogens (tertiary/aromatic N) is 6. The van der Waals surface area contributed by atoms with Crippen LogP contribution in [0.1, 0.15) is 22.3 Å². The number of fused-ring (bicyclic) bond motifs is 4. The number of aromatic nitrogens is 6.